The van der Waals surface area contributed by atoms with Gasteiger partial charge in [0, 0.05) is 17.8 Å². The molecule has 0 aliphatic heterocycles. The van der Waals surface area contributed by atoms with Gasteiger partial charge in [-0.05, 0) is 37.8 Å². The number of Topliss-reactive ketones (excluding diaryl/α,β-unsaturated/α-hetero) is 1. The molecule has 0 spiro atoms. The van der Waals surface area contributed by atoms with Gasteiger partial charge in [-0.2, -0.15) is 0 Å². The van der Waals surface area contributed by atoms with Crippen LogP contribution in [0.2, 0.25) is 10.0 Å². The van der Waals surface area contributed by atoms with E-state index in [-0.39, 0.29) is 23.7 Å². The topological polar surface area (TPSA) is 46.2 Å². The van der Waals surface area contributed by atoms with Gasteiger partial charge in [0.2, 0.25) is 5.91 Å². The van der Waals surface area contributed by atoms with Crippen molar-refractivity contribution in [3.8, 4) is 0 Å². The number of rotatable bonds is 2. The Labute approximate surface area is 134 Å². The Bertz CT molecular complexity index is 551. The van der Waals surface area contributed by atoms with E-state index in [1.54, 1.807) is 18.2 Å². The third kappa shape index (κ3) is 2.95. The highest BCUT2D eigenvalue weighted by Gasteiger charge is 2.41. The maximum absolute atomic E-state index is 12.5. The highest BCUT2D eigenvalue weighted by molar-refractivity contribution is 6.39. The van der Waals surface area contributed by atoms with Crippen LogP contribution in [0.4, 0.5) is 5.69 Å². The number of hydrogen-bond acceptors (Lipinski definition) is 2. The van der Waals surface area contributed by atoms with Crippen LogP contribution in [-0.4, -0.2) is 11.7 Å². The molecule has 5 heteroatoms. The minimum Gasteiger partial charge on any atom is -0.323 e. The average molecular weight is 326 g/mol. The fourth-order valence-electron chi connectivity index (χ4n) is 3.54. The van der Waals surface area contributed by atoms with Gasteiger partial charge < -0.3 is 5.32 Å². The number of carbonyl (C=O) groups is 2. The van der Waals surface area contributed by atoms with Crippen molar-refractivity contribution in [3.05, 3.63) is 28.2 Å². The van der Waals surface area contributed by atoms with E-state index in [1.165, 1.54) is 0 Å². The molecule has 2 fully saturated rings. The molecule has 0 aromatic heterocycles. The minimum atomic E-state index is -0.120. The Kier molecular flexibility index (Phi) is 4.23. The molecular weight excluding hydrogens is 309 g/mol. The van der Waals surface area contributed by atoms with Crippen LogP contribution in [0.25, 0.3) is 0 Å². The quantitative estimate of drug-likeness (QED) is 0.879. The van der Waals surface area contributed by atoms with Crippen LogP contribution in [0.15, 0.2) is 18.2 Å². The van der Waals surface area contributed by atoms with E-state index in [0.29, 0.717) is 34.4 Å². The zero-order valence-electron chi connectivity index (χ0n) is 11.6. The highest BCUT2D eigenvalue weighted by atomic mass is 35.5. The van der Waals surface area contributed by atoms with Gasteiger partial charge in [0.15, 0.2) is 0 Å². The van der Waals surface area contributed by atoms with Crippen LogP contribution >= 0.6 is 23.2 Å². The molecule has 2 saturated carbocycles. The van der Waals surface area contributed by atoms with Crippen molar-refractivity contribution >= 4 is 40.6 Å². The molecule has 3 nitrogen and oxygen atoms in total. The van der Waals surface area contributed by atoms with Gasteiger partial charge in [-0.25, -0.2) is 0 Å². The summed E-state index contributed by atoms with van der Waals surface area (Å²) in [5, 5.41) is 3.70. The summed E-state index contributed by atoms with van der Waals surface area (Å²) < 4.78 is 0. The predicted octanol–water partition coefficient (Wildman–Crippen LogP) is 4.33. The third-order valence-electron chi connectivity index (χ3n) is 4.63. The number of amides is 1. The number of hydrogen-bond donors (Lipinski definition) is 1. The second kappa shape index (κ2) is 5.98. The number of halogens is 2. The summed E-state index contributed by atoms with van der Waals surface area (Å²) in [5.41, 5.74) is 0.466. The lowest BCUT2D eigenvalue weighted by molar-refractivity contribution is -0.136. The van der Waals surface area contributed by atoms with E-state index >= 15 is 0 Å². The normalized spacial score (nSPS) is 28.3. The lowest BCUT2D eigenvalue weighted by Crippen LogP contribution is -2.40. The van der Waals surface area contributed by atoms with Crippen molar-refractivity contribution in [3.63, 3.8) is 0 Å². The van der Waals surface area contributed by atoms with Gasteiger partial charge in [-0.15, -0.1) is 0 Å². The fraction of sp³-hybridized carbons (Fsp3) is 0.500. The van der Waals surface area contributed by atoms with Crippen LogP contribution in [0.3, 0.4) is 0 Å². The SMILES string of the molecule is O=C(Nc1c(Cl)cccc1Cl)C1C[C@H]2CCC[C@@H](C1)C2=O. The van der Waals surface area contributed by atoms with Crippen LogP contribution < -0.4 is 5.32 Å². The molecule has 1 amide bonds. The van der Waals surface area contributed by atoms with Gasteiger partial charge in [-0.1, -0.05) is 35.7 Å². The summed E-state index contributed by atoms with van der Waals surface area (Å²) in [7, 11) is 0. The molecule has 2 aliphatic rings. The van der Waals surface area contributed by atoms with E-state index < -0.39 is 0 Å². The molecule has 1 aromatic rings. The largest absolute Gasteiger partial charge is 0.323 e. The van der Waals surface area contributed by atoms with Crippen molar-refractivity contribution in [1.82, 2.24) is 0 Å². The lowest BCUT2D eigenvalue weighted by atomic mass is 9.67. The first-order valence-corrected chi connectivity index (χ1v) is 8.10. The summed E-state index contributed by atoms with van der Waals surface area (Å²) in [5.74, 6) is 0.297. The van der Waals surface area contributed by atoms with Crippen LogP contribution in [0, 0.1) is 17.8 Å². The molecule has 1 unspecified atom stereocenters. The predicted molar refractivity (Wildman–Crippen MR) is 83.7 cm³/mol. The number of carbonyl (C=O) groups excluding carboxylic acids is 2. The summed E-state index contributed by atoms with van der Waals surface area (Å²) in [6.45, 7) is 0. The van der Waals surface area contributed by atoms with E-state index in [0.717, 1.165) is 19.3 Å². The number of para-hydroxylation sites is 1. The lowest BCUT2D eigenvalue weighted by Gasteiger charge is -2.37. The van der Waals surface area contributed by atoms with Gasteiger partial charge in [0.25, 0.3) is 0 Å². The molecule has 3 rings (SSSR count). The molecule has 0 heterocycles. The Morgan fingerprint density at radius 1 is 1.10 bits per heavy atom. The van der Waals surface area contributed by atoms with Gasteiger partial charge in [-0.3, -0.25) is 9.59 Å². The molecule has 2 bridgehead atoms. The van der Waals surface area contributed by atoms with E-state index in [9.17, 15) is 9.59 Å². The average Bonchev–Trinajstić information content (AvgIpc) is 2.42. The summed E-state index contributed by atoms with van der Waals surface area (Å²) in [6.07, 6.45) is 4.26. The molecule has 112 valence electrons. The van der Waals surface area contributed by atoms with Crippen LogP contribution in [0.1, 0.15) is 32.1 Å². The Hall–Kier alpha value is -1.06. The van der Waals surface area contributed by atoms with Gasteiger partial charge in [0.1, 0.15) is 5.78 Å². The molecule has 3 atom stereocenters. The van der Waals surface area contributed by atoms with E-state index in [2.05, 4.69) is 5.32 Å². The Morgan fingerprint density at radius 3 is 2.24 bits per heavy atom. The number of benzene rings is 1. The highest BCUT2D eigenvalue weighted by Crippen LogP contribution is 2.41. The van der Waals surface area contributed by atoms with Crippen LogP contribution in [-0.2, 0) is 9.59 Å². The van der Waals surface area contributed by atoms with Crippen molar-refractivity contribution in [2.24, 2.45) is 17.8 Å². The third-order valence-corrected chi connectivity index (χ3v) is 5.26. The first-order chi connectivity index (χ1) is 10.1. The fourth-order valence-corrected chi connectivity index (χ4v) is 4.03. The monoisotopic (exact) mass is 325 g/mol. The zero-order valence-corrected chi connectivity index (χ0v) is 13.1. The number of fused-ring (bicyclic) bond motifs is 2. The first-order valence-electron chi connectivity index (χ1n) is 7.35. The number of nitrogens with one attached hydrogen (secondary N) is 1. The number of anilines is 1. The molecule has 2 aliphatic carbocycles. The standard InChI is InChI=1S/C16H17Cl2NO2/c17-12-5-2-6-13(18)14(12)19-16(21)11-7-9-3-1-4-10(8-11)15(9)20/h2,5-6,9-11H,1,3-4,7-8H2,(H,19,21)/t9-,10+,11?. The molecule has 0 radical (unpaired) electrons. The summed E-state index contributed by atoms with van der Waals surface area (Å²) >= 11 is 12.2. The molecule has 1 N–H and O–H groups in total. The van der Waals surface area contributed by atoms with Crippen molar-refractivity contribution in [1.29, 1.82) is 0 Å². The number of ketones is 1. The Morgan fingerprint density at radius 2 is 1.67 bits per heavy atom. The molecule has 0 saturated heterocycles. The first kappa shape index (κ1) is 14.9. The molecular formula is C16H17Cl2NO2. The summed E-state index contributed by atoms with van der Waals surface area (Å²) in [6, 6.07) is 5.13. The van der Waals surface area contributed by atoms with Crippen molar-refractivity contribution < 1.29 is 9.59 Å². The second-order valence-corrected chi connectivity index (χ2v) is 6.80. The Balaban J connectivity index is 1.73. The maximum atomic E-state index is 12.5. The zero-order chi connectivity index (χ0) is 15.0. The minimum absolute atomic E-state index is 0.0648. The van der Waals surface area contributed by atoms with Crippen molar-refractivity contribution in [2.45, 2.75) is 32.1 Å². The smallest absolute Gasteiger partial charge is 0.227 e. The molecule has 1 aromatic carbocycles. The second-order valence-electron chi connectivity index (χ2n) is 5.98. The van der Waals surface area contributed by atoms with Gasteiger partial charge in [0.05, 0.1) is 15.7 Å². The molecule has 21 heavy (non-hydrogen) atoms. The maximum Gasteiger partial charge on any atom is 0.227 e. The summed E-state index contributed by atoms with van der Waals surface area (Å²) in [4.78, 5) is 24.5. The van der Waals surface area contributed by atoms with Crippen LogP contribution in [0.5, 0.6) is 0 Å². The van der Waals surface area contributed by atoms with Crippen molar-refractivity contribution in [2.75, 3.05) is 5.32 Å². The van der Waals surface area contributed by atoms with E-state index in [1.807, 2.05) is 0 Å². The van der Waals surface area contributed by atoms with Gasteiger partial charge >= 0.3 is 0 Å². The van der Waals surface area contributed by atoms with E-state index in [4.69, 9.17) is 23.2 Å².